The molecule has 98 valence electrons. The van der Waals surface area contributed by atoms with Gasteiger partial charge in [0.05, 0.1) is 18.2 Å². The zero-order valence-corrected chi connectivity index (χ0v) is 12.2. The van der Waals surface area contributed by atoms with E-state index in [2.05, 4.69) is 41.2 Å². The minimum absolute atomic E-state index is 0.863. The molecule has 1 aromatic heterocycles. The second-order valence-corrected chi connectivity index (χ2v) is 5.57. The lowest BCUT2D eigenvalue weighted by molar-refractivity contribution is 0.643. The van der Waals surface area contributed by atoms with Crippen LogP contribution in [-0.2, 0) is 0 Å². The lowest BCUT2D eigenvalue weighted by Gasteiger charge is -2.03. The molecule has 2 aromatic rings. The molecule has 1 aromatic carbocycles. The Balaban J connectivity index is 2.04. The summed E-state index contributed by atoms with van der Waals surface area (Å²) in [6.07, 6.45) is 3.56. The van der Waals surface area contributed by atoms with Gasteiger partial charge in [-0.3, -0.25) is 0 Å². The summed E-state index contributed by atoms with van der Waals surface area (Å²) < 4.78 is 0. The number of hydrogen-bond donors (Lipinski definition) is 0. The van der Waals surface area contributed by atoms with E-state index >= 15 is 0 Å². The highest BCUT2D eigenvalue weighted by Crippen LogP contribution is 2.26. The predicted octanol–water partition coefficient (Wildman–Crippen LogP) is 3.76. The van der Waals surface area contributed by atoms with E-state index in [1.807, 2.05) is 31.1 Å². The first kappa shape index (κ1) is 13.6. The molecule has 0 aliphatic heterocycles. The number of aliphatic imine (C=N–C) groups is 1. The molecule has 3 nitrogen and oxygen atoms in total. The minimum Gasteiger partial charge on any atom is -0.369 e. The summed E-state index contributed by atoms with van der Waals surface area (Å²) in [5.74, 6) is 0. The molecule has 0 aliphatic carbocycles. The SMILES string of the molecule is Cc1ccc(Sc2ccc(N=CN(C)C)cn2)cc1. The number of pyridine rings is 1. The van der Waals surface area contributed by atoms with Crippen LogP contribution < -0.4 is 0 Å². The number of benzene rings is 1. The number of aromatic nitrogens is 1. The van der Waals surface area contributed by atoms with Crippen LogP contribution in [0.15, 0.2) is 57.5 Å². The summed E-state index contributed by atoms with van der Waals surface area (Å²) >= 11 is 1.66. The molecule has 2 rings (SSSR count). The highest BCUT2D eigenvalue weighted by molar-refractivity contribution is 7.99. The number of aryl methyl sites for hydroxylation is 1. The van der Waals surface area contributed by atoms with Gasteiger partial charge in [-0.15, -0.1) is 0 Å². The molecule has 1 heterocycles. The summed E-state index contributed by atoms with van der Waals surface area (Å²) in [6, 6.07) is 12.4. The van der Waals surface area contributed by atoms with Gasteiger partial charge in [0.2, 0.25) is 0 Å². The quantitative estimate of drug-likeness (QED) is 0.626. The number of rotatable bonds is 4. The van der Waals surface area contributed by atoms with Crippen LogP contribution in [0.2, 0.25) is 0 Å². The Kier molecular flexibility index (Phi) is 4.58. The van der Waals surface area contributed by atoms with E-state index in [1.165, 1.54) is 10.5 Å². The smallest absolute Gasteiger partial charge is 0.101 e. The molecule has 4 heteroatoms. The molecule has 19 heavy (non-hydrogen) atoms. The molecular weight excluding hydrogens is 254 g/mol. The molecule has 0 amide bonds. The lowest BCUT2D eigenvalue weighted by atomic mass is 10.2. The highest BCUT2D eigenvalue weighted by Gasteiger charge is 1.98. The second-order valence-electron chi connectivity index (χ2n) is 4.48. The molecule has 0 saturated heterocycles. The first-order valence-electron chi connectivity index (χ1n) is 6.05. The van der Waals surface area contributed by atoms with Crippen LogP contribution >= 0.6 is 11.8 Å². The van der Waals surface area contributed by atoms with Gasteiger partial charge in [0.25, 0.3) is 0 Å². The average Bonchev–Trinajstić information content (AvgIpc) is 2.40. The summed E-state index contributed by atoms with van der Waals surface area (Å²) in [4.78, 5) is 11.8. The fraction of sp³-hybridized carbons (Fsp3) is 0.200. The van der Waals surface area contributed by atoms with Crippen molar-refractivity contribution in [3.63, 3.8) is 0 Å². The maximum atomic E-state index is 4.41. The van der Waals surface area contributed by atoms with Gasteiger partial charge >= 0.3 is 0 Å². The lowest BCUT2D eigenvalue weighted by Crippen LogP contribution is -2.06. The van der Waals surface area contributed by atoms with Crippen molar-refractivity contribution in [2.75, 3.05) is 14.1 Å². The first-order valence-corrected chi connectivity index (χ1v) is 6.86. The monoisotopic (exact) mass is 271 g/mol. The fourth-order valence-electron chi connectivity index (χ4n) is 1.42. The predicted molar refractivity (Wildman–Crippen MR) is 81.4 cm³/mol. The molecule has 0 radical (unpaired) electrons. The standard InChI is InChI=1S/C15H17N3S/c1-12-4-7-14(8-5-12)19-15-9-6-13(10-16-15)17-11-18(2)3/h4-11H,1-3H3. The van der Waals surface area contributed by atoms with Gasteiger partial charge < -0.3 is 4.90 Å². The van der Waals surface area contributed by atoms with E-state index in [1.54, 1.807) is 24.3 Å². The van der Waals surface area contributed by atoms with Gasteiger partial charge in [-0.25, -0.2) is 9.98 Å². The van der Waals surface area contributed by atoms with Crippen LogP contribution in [0.5, 0.6) is 0 Å². The van der Waals surface area contributed by atoms with Crippen molar-refractivity contribution in [3.8, 4) is 0 Å². The Morgan fingerprint density at radius 1 is 1.11 bits per heavy atom. The Hall–Kier alpha value is -1.81. The molecule has 0 fully saturated rings. The minimum atomic E-state index is 0.863. The molecule has 0 N–H and O–H groups in total. The van der Waals surface area contributed by atoms with E-state index in [0.717, 1.165) is 10.7 Å². The van der Waals surface area contributed by atoms with Gasteiger partial charge in [0, 0.05) is 19.0 Å². The van der Waals surface area contributed by atoms with Gasteiger partial charge in [-0.1, -0.05) is 29.5 Å². The molecule has 0 aliphatic rings. The summed E-state index contributed by atoms with van der Waals surface area (Å²) in [5, 5.41) is 0.979. The third-order valence-corrected chi connectivity index (χ3v) is 3.36. The van der Waals surface area contributed by atoms with E-state index in [9.17, 15) is 0 Å². The van der Waals surface area contributed by atoms with Crippen LogP contribution in [-0.4, -0.2) is 30.3 Å². The number of hydrogen-bond acceptors (Lipinski definition) is 3. The van der Waals surface area contributed by atoms with Crippen LogP contribution in [0.25, 0.3) is 0 Å². The largest absolute Gasteiger partial charge is 0.369 e. The van der Waals surface area contributed by atoms with Crippen molar-refractivity contribution < 1.29 is 0 Å². The molecule has 0 bridgehead atoms. The van der Waals surface area contributed by atoms with Crippen LogP contribution in [0.1, 0.15) is 5.56 Å². The van der Waals surface area contributed by atoms with Crippen molar-refractivity contribution in [2.45, 2.75) is 16.8 Å². The van der Waals surface area contributed by atoms with Gasteiger partial charge in [-0.05, 0) is 31.2 Å². The van der Waals surface area contributed by atoms with Crippen molar-refractivity contribution in [3.05, 3.63) is 48.2 Å². The first-order chi connectivity index (χ1) is 9.13. The summed E-state index contributed by atoms with van der Waals surface area (Å²) in [6.45, 7) is 2.09. The zero-order chi connectivity index (χ0) is 13.7. The normalized spacial score (nSPS) is 10.9. The van der Waals surface area contributed by atoms with E-state index in [0.29, 0.717) is 0 Å². The molecular formula is C15H17N3S. The summed E-state index contributed by atoms with van der Waals surface area (Å²) in [7, 11) is 3.89. The second kappa shape index (κ2) is 6.38. The highest BCUT2D eigenvalue weighted by atomic mass is 32.2. The van der Waals surface area contributed by atoms with Crippen molar-refractivity contribution >= 4 is 23.8 Å². The van der Waals surface area contributed by atoms with Crippen molar-refractivity contribution in [1.82, 2.24) is 9.88 Å². The Labute approximate surface area is 118 Å². The van der Waals surface area contributed by atoms with Crippen molar-refractivity contribution in [2.24, 2.45) is 4.99 Å². The topological polar surface area (TPSA) is 28.5 Å². The van der Waals surface area contributed by atoms with E-state index in [4.69, 9.17) is 0 Å². The molecule has 0 atom stereocenters. The Morgan fingerprint density at radius 3 is 2.42 bits per heavy atom. The summed E-state index contributed by atoms with van der Waals surface area (Å²) in [5.41, 5.74) is 2.13. The van der Waals surface area contributed by atoms with E-state index < -0.39 is 0 Å². The third kappa shape index (κ3) is 4.41. The van der Waals surface area contributed by atoms with Gasteiger partial charge in [0.1, 0.15) is 5.03 Å². The fourth-order valence-corrected chi connectivity index (χ4v) is 2.17. The van der Waals surface area contributed by atoms with E-state index in [-0.39, 0.29) is 0 Å². The third-order valence-electron chi connectivity index (χ3n) is 2.40. The van der Waals surface area contributed by atoms with Crippen LogP contribution in [0, 0.1) is 6.92 Å². The molecule has 0 spiro atoms. The maximum Gasteiger partial charge on any atom is 0.101 e. The van der Waals surface area contributed by atoms with Crippen molar-refractivity contribution in [1.29, 1.82) is 0 Å². The van der Waals surface area contributed by atoms with Gasteiger partial charge in [0.15, 0.2) is 0 Å². The maximum absolute atomic E-state index is 4.41. The number of nitrogens with zero attached hydrogens (tertiary/aromatic N) is 3. The van der Waals surface area contributed by atoms with Crippen LogP contribution in [0.4, 0.5) is 5.69 Å². The van der Waals surface area contributed by atoms with Crippen LogP contribution in [0.3, 0.4) is 0 Å². The zero-order valence-electron chi connectivity index (χ0n) is 11.4. The van der Waals surface area contributed by atoms with Gasteiger partial charge in [-0.2, -0.15) is 0 Å². The average molecular weight is 271 g/mol. The molecule has 0 unspecified atom stereocenters. The molecule has 0 saturated carbocycles. The Morgan fingerprint density at radius 2 is 1.84 bits per heavy atom. The Bertz CT molecular complexity index is 545.